The zero-order valence-corrected chi connectivity index (χ0v) is 13.7. The van der Waals surface area contributed by atoms with Gasteiger partial charge < -0.3 is 9.47 Å². The maximum atomic E-state index is 14.0. The van der Waals surface area contributed by atoms with E-state index in [1.807, 2.05) is 0 Å². The summed E-state index contributed by atoms with van der Waals surface area (Å²) in [6, 6.07) is 2.85. The third-order valence-corrected chi connectivity index (χ3v) is 5.53. The van der Waals surface area contributed by atoms with Crippen molar-refractivity contribution >= 4 is 0 Å². The molecule has 0 radical (unpaired) electrons. The van der Waals surface area contributed by atoms with E-state index < -0.39 is 11.6 Å². The van der Waals surface area contributed by atoms with E-state index in [0.29, 0.717) is 24.4 Å². The summed E-state index contributed by atoms with van der Waals surface area (Å²) in [5.41, 5.74) is 0. The molecule has 2 nitrogen and oxygen atoms in total. The Kier molecular flexibility index (Phi) is 4.88. The predicted octanol–water partition coefficient (Wildman–Crippen LogP) is 4.98. The zero-order valence-electron chi connectivity index (χ0n) is 13.7. The quantitative estimate of drug-likeness (QED) is 0.712. The molecular weight excluding hydrogens is 298 g/mol. The minimum absolute atomic E-state index is 0.0187. The molecule has 0 aromatic heterocycles. The molecule has 0 saturated heterocycles. The van der Waals surface area contributed by atoms with Crippen molar-refractivity contribution < 1.29 is 18.3 Å². The summed E-state index contributed by atoms with van der Waals surface area (Å²) in [6.07, 6.45) is 9.25. The van der Waals surface area contributed by atoms with Crippen molar-refractivity contribution in [3.63, 3.8) is 0 Å². The van der Waals surface area contributed by atoms with Gasteiger partial charge in [0, 0.05) is 0 Å². The molecule has 126 valence electrons. The van der Waals surface area contributed by atoms with Gasteiger partial charge in [0.25, 0.3) is 0 Å². The molecule has 1 aromatic rings. The predicted molar refractivity (Wildman–Crippen MR) is 85.6 cm³/mol. The van der Waals surface area contributed by atoms with Crippen molar-refractivity contribution in [3.8, 4) is 11.5 Å². The lowest BCUT2D eigenvalue weighted by Crippen LogP contribution is -2.18. The smallest absolute Gasteiger partial charge is 0.204 e. The Morgan fingerprint density at radius 2 is 1.74 bits per heavy atom. The molecule has 1 aromatic carbocycles. The van der Waals surface area contributed by atoms with E-state index in [4.69, 9.17) is 9.47 Å². The van der Waals surface area contributed by atoms with Crippen molar-refractivity contribution in [2.24, 2.45) is 23.7 Å². The topological polar surface area (TPSA) is 18.5 Å². The molecule has 4 heteroatoms. The van der Waals surface area contributed by atoms with Gasteiger partial charge in [-0.25, -0.2) is 0 Å². The first kappa shape index (κ1) is 16.3. The molecule has 2 fully saturated rings. The van der Waals surface area contributed by atoms with E-state index in [2.05, 4.69) is 19.1 Å². The van der Waals surface area contributed by atoms with Crippen LogP contribution >= 0.6 is 0 Å². The van der Waals surface area contributed by atoms with Crippen molar-refractivity contribution in [3.05, 3.63) is 35.9 Å². The van der Waals surface area contributed by atoms with Gasteiger partial charge in [-0.1, -0.05) is 12.2 Å². The second-order valence-corrected chi connectivity index (χ2v) is 6.64. The molecule has 3 rings (SSSR count). The monoisotopic (exact) mass is 322 g/mol. The summed E-state index contributed by atoms with van der Waals surface area (Å²) in [4.78, 5) is 0. The number of fused-ring (bicyclic) bond motifs is 1. The molecule has 2 aliphatic rings. The lowest BCUT2D eigenvalue weighted by atomic mass is 9.89. The number of methoxy groups -OCH3 is 1. The fourth-order valence-corrected chi connectivity index (χ4v) is 4.44. The molecule has 0 bridgehead atoms. The molecule has 23 heavy (non-hydrogen) atoms. The van der Waals surface area contributed by atoms with E-state index in [9.17, 15) is 8.78 Å². The molecule has 2 aliphatic carbocycles. The molecule has 0 N–H and O–H groups in total. The summed E-state index contributed by atoms with van der Waals surface area (Å²) >= 11 is 0. The average molecular weight is 322 g/mol. The number of hydrogen-bond acceptors (Lipinski definition) is 2. The third-order valence-electron chi connectivity index (χ3n) is 5.53. The highest BCUT2D eigenvalue weighted by atomic mass is 19.2. The van der Waals surface area contributed by atoms with E-state index >= 15 is 0 Å². The van der Waals surface area contributed by atoms with Gasteiger partial charge in [0.15, 0.2) is 11.5 Å². The van der Waals surface area contributed by atoms with Crippen LogP contribution in [-0.2, 0) is 0 Å². The second-order valence-electron chi connectivity index (χ2n) is 6.64. The summed E-state index contributed by atoms with van der Waals surface area (Å²) in [7, 11) is 1.32. The third kappa shape index (κ3) is 3.08. The highest BCUT2D eigenvalue weighted by molar-refractivity contribution is 5.34. The maximum absolute atomic E-state index is 14.0. The summed E-state index contributed by atoms with van der Waals surface area (Å²) in [6.45, 7) is 2.54. The minimum atomic E-state index is -0.983. The largest absolute Gasteiger partial charge is 0.494 e. The standard InChI is InChI=1S/C19H24F2O2/c1-3-4-12-5-7-15-13(6-8-14(12)15)11-23-17-10-9-16(22-2)18(20)19(17)21/h3-4,9-10,12-15H,5-8,11H2,1-2H3/b4-3+. The van der Waals surface area contributed by atoms with Crippen LogP contribution < -0.4 is 9.47 Å². The maximum Gasteiger partial charge on any atom is 0.204 e. The van der Waals surface area contributed by atoms with Gasteiger partial charge in [-0.15, -0.1) is 0 Å². The molecule has 0 aliphatic heterocycles. The summed E-state index contributed by atoms with van der Waals surface area (Å²) in [5, 5.41) is 0. The highest BCUT2D eigenvalue weighted by Gasteiger charge is 2.43. The fourth-order valence-electron chi connectivity index (χ4n) is 4.44. The first-order valence-electron chi connectivity index (χ1n) is 8.43. The van der Waals surface area contributed by atoms with Gasteiger partial charge in [-0.3, -0.25) is 0 Å². The van der Waals surface area contributed by atoms with Crippen LogP contribution in [0.25, 0.3) is 0 Å². The zero-order chi connectivity index (χ0) is 16.4. The molecule has 2 saturated carbocycles. The summed E-state index contributed by atoms with van der Waals surface area (Å²) < 4.78 is 38.1. The number of halogens is 2. The Labute approximate surface area is 136 Å². The van der Waals surface area contributed by atoms with Crippen molar-refractivity contribution in [2.45, 2.75) is 32.6 Å². The molecule has 4 unspecified atom stereocenters. The van der Waals surface area contributed by atoms with Gasteiger partial charge in [0.1, 0.15) is 0 Å². The van der Waals surface area contributed by atoms with Gasteiger partial charge >= 0.3 is 0 Å². The first-order chi connectivity index (χ1) is 11.2. The average Bonchev–Trinajstić information content (AvgIpc) is 3.13. The van der Waals surface area contributed by atoms with Gasteiger partial charge in [0.05, 0.1) is 13.7 Å². The van der Waals surface area contributed by atoms with Gasteiger partial charge in [-0.05, 0) is 68.4 Å². The molecule has 4 atom stereocenters. The normalized spacial score (nSPS) is 29.9. The van der Waals surface area contributed by atoms with Gasteiger partial charge in [-0.2, -0.15) is 8.78 Å². The second kappa shape index (κ2) is 6.90. The van der Waals surface area contributed by atoms with Crippen LogP contribution in [-0.4, -0.2) is 13.7 Å². The Hall–Kier alpha value is -1.58. The Balaban J connectivity index is 1.63. The van der Waals surface area contributed by atoms with Crippen molar-refractivity contribution in [1.29, 1.82) is 0 Å². The van der Waals surface area contributed by atoms with Crippen LogP contribution in [0.15, 0.2) is 24.3 Å². The van der Waals surface area contributed by atoms with Crippen LogP contribution in [0.1, 0.15) is 32.6 Å². The fraction of sp³-hybridized carbons (Fsp3) is 0.579. The highest BCUT2D eigenvalue weighted by Crippen LogP contribution is 2.51. The van der Waals surface area contributed by atoms with E-state index in [-0.39, 0.29) is 11.5 Å². The Bertz CT molecular complexity index is 585. The minimum Gasteiger partial charge on any atom is -0.494 e. The van der Waals surface area contributed by atoms with Crippen molar-refractivity contribution in [2.75, 3.05) is 13.7 Å². The van der Waals surface area contributed by atoms with Crippen LogP contribution in [0.4, 0.5) is 8.78 Å². The van der Waals surface area contributed by atoms with Gasteiger partial charge in [0.2, 0.25) is 11.6 Å². The van der Waals surface area contributed by atoms with E-state index in [1.165, 1.54) is 38.5 Å². The molecule has 0 amide bonds. The Morgan fingerprint density at radius 1 is 1.04 bits per heavy atom. The summed E-state index contributed by atoms with van der Waals surface area (Å²) in [5.74, 6) is 0.459. The van der Waals surface area contributed by atoms with Crippen LogP contribution in [0.5, 0.6) is 11.5 Å². The lowest BCUT2D eigenvalue weighted by Gasteiger charge is -2.20. The van der Waals surface area contributed by atoms with E-state index in [1.54, 1.807) is 0 Å². The lowest BCUT2D eigenvalue weighted by molar-refractivity contribution is 0.196. The van der Waals surface area contributed by atoms with E-state index in [0.717, 1.165) is 12.3 Å². The van der Waals surface area contributed by atoms with Crippen LogP contribution in [0.3, 0.4) is 0 Å². The number of hydrogen-bond donors (Lipinski definition) is 0. The molecule has 0 spiro atoms. The Morgan fingerprint density at radius 3 is 2.48 bits per heavy atom. The number of ether oxygens (including phenoxy) is 2. The van der Waals surface area contributed by atoms with Crippen molar-refractivity contribution in [1.82, 2.24) is 0 Å². The number of rotatable bonds is 5. The SMILES string of the molecule is C/C=C/C1CCC2C(COc3ccc(OC)c(F)c3F)CCC12. The molecule has 0 heterocycles. The first-order valence-corrected chi connectivity index (χ1v) is 8.43. The molecular formula is C19H24F2O2. The van der Waals surface area contributed by atoms with Crippen LogP contribution in [0.2, 0.25) is 0 Å². The number of allylic oxidation sites excluding steroid dienone is 2. The van der Waals surface area contributed by atoms with Crippen LogP contribution in [0, 0.1) is 35.3 Å². The number of benzene rings is 1.